The molecule has 0 bridgehead atoms. The Morgan fingerprint density at radius 2 is 1.87 bits per heavy atom. The second kappa shape index (κ2) is 5.90. The molecular formula is C16H15FN2O2S2. The van der Waals surface area contributed by atoms with Gasteiger partial charge in [-0.25, -0.2) is 4.39 Å². The molecule has 0 saturated heterocycles. The summed E-state index contributed by atoms with van der Waals surface area (Å²) < 4.78 is 44.3. The van der Waals surface area contributed by atoms with Crippen molar-refractivity contribution in [3.05, 3.63) is 58.6 Å². The van der Waals surface area contributed by atoms with Crippen molar-refractivity contribution < 1.29 is 12.8 Å². The average molecular weight is 350 g/mol. The quantitative estimate of drug-likeness (QED) is 0.728. The highest BCUT2D eigenvalue weighted by molar-refractivity contribution is 7.90. The van der Waals surface area contributed by atoms with E-state index < -0.39 is 15.8 Å². The maximum Gasteiger partial charge on any atom is 0.285 e. The molecule has 2 aromatic carbocycles. The molecule has 4 nitrogen and oxygen atoms in total. The molecule has 23 heavy (non-hydrogen) atoms. The smallest absolute Gasteiger partial charge is 0.285 e. The minimum Gasteiger partial charge on any atom is -0.319 e. The van der Waals surface area contributed by atoms with Crippen molar-refractivity contribution in [3.63, 3.8) is 0 Å². The van der Waals surface area contributed by atoms with Crippen LogP contribution in [0.4, 0.5) is 4.39 Å². The fourth-order valence-corrected chi connectivity index (χ4v) is 4.56. The molecule has 0 aliphatic rings. The van der Waals surface area contributed by atoms with Gasteiger partial charge in [-0.2, -0.15) is 8.42 Å². The van der Waals surface area contributed by atoms with Gasteiger partial charge in [0.25, 0.3) is 10.0 Å². The van der Waals surface area contributed by atoms with Crippen LogP contribution in [-0.4, -0.2) is 13.0 Å². The van der Waals surface area contributed by atoms with Gasteiger partial charge in [-0.05, 0) is 48.4 Å². The zero-order valence-electron chi connectivity index (χ0n) is 12.7. The number of thiazole rings is 1. The van der Waals surface area contributed by atoms with E-state index >= 15 is 0 Å². The van der Waals surface area contributed by atoms with Crippen LogP contribution >= 0.6 is 11.3 Å². The summed E-state index contributed by atoms with van der Waals surface area (Å²) in [6.07, 6.45) is 0.915. The summed E-state index contributed by atoms with van der Waals surface area (Å²) in [7, 11) is -2.09. The second-order valence-corrected chi connectivity index (χ2v) is 7.73. The summed E-state index contributed by atoms with van der Waals surface area (Å²) in [5, 5.41) is 0. The van der Waals surface area contributed by atoms with Crippen LogP contribution in [0.1, 0.15) is 12.5 Å². The Hall–Kier alpha value is -1.99. The first-order chi connectivity index (χ1) is 10.9. The van der Waals surface area contributed by atoms with E-state index in [0.29, 0.717) is 4.80 Å². The van der Waals surface area contributed by atoms with Crippen molar-refractivity contribution in [1.82, 2.24) is 4.57 Å². The Balaban J connectivity index is 2.16. The summed E-state index contributed by atoms with van der Waals surface area (Å²) in [4.78, 5) is 0.364. The second-order valence-electron chi connectivity index (χ2n) is 5.12. The lowest BCUT2D eigenvalue weighted by Crippen LogP contribution is -2.13. The number of benzene rings is 2. The van der Waals surface area contributed by atoms with Gasteiger partial charge in [0, 0.05) is 7.05 Å². The Kier molecular flexibility index (Phi) is 4.08. The minimum absolute atomic E-state index is 0.0226. The van der Waals surface area contributed by atoms with Gasteiger partial charge in [-0.15, -0.1) is 4.40 Å². The zero-order chi connectivity index (χ0) is 16.6. The molecule has 0 saturated carbocycles. The molecule has 0 aliphatic heterocycles. The van der Waals surface area contributed by atoms with Crippen molar-refractivity contribution in [2.75, 3.05) is 0 Å². The van der Waals surface area contributed by atoms with Crippen molar-refractivity contribution >= 4 is 31.6 Å². The summed E-state index contributed by atoms with van der Waals surface area (Å²) in [6.45, 7) is 2.07. The van der Waals surface area contributed by atoms with Crippen LogP contribution in [0.15, 0.2) is 51.8 Å². The number of halogens is 1. The first kappa shape index (κ1) is 15.9. The number of rotatable bonds is 3. The normalized spacial score (nSPS) is 12.9. The zero-order valence-corrected chi connectivity index (χ0v) is 14.3. The molecule has 1 aromatic heterocycles. The molecule has 7 heteroatoms. The van der Waals surface area contributed by atoms with Crippen LogP contribution in [0.3, 0.4) is 0 Å². The van der Waals surface area contributed by atoms with Gasteiger partial charge in [-0.3, -0.25) is 0 Å². The number of hydrogen-bond acceptors (Lipinski definition) is 3. The largest absolute Gasteiger partial charge is 0.319 e. The number of aromatic nitrogens is 1. The number of hydrogen-bond donors (Lipinski definition) is 0. The predicted molar refractivity (Wildman–Crippen MR) is 89.3 cm³/mol. The molecular weight excluding hydrogens is 335 g/mol. The van der Waals surface area contributed by atoms with E-state index in [-0.39, 0.29) is 4.90 Å². The fraction of sp³-hybridized carbons (Fsp3) is 0.188. The van der Waals surface area contributed by atoms with E-state index in [2.05, 4.69) is 11.3 Å². The fourth-order valence-electron chi connectivity index (χ4n) is 2.25. The van der Waals surface area contributed by atoms with Crippen LogP contribution in [0, 0.1) is 5.82 Å². The van der Waals surface area contributed by atoms with Gasteiger partial charge in [0.1, 0.15) is 5.82 Å². The van der Waals surface area contributed by atoms with Crippen LogP contribution in [0.2, 0.25) is 0 Å². The number of sulfonamides is 1. The molecule has 0 N–H and O–H groups in total. The monoisotopic (exact) mass is 350 g/mol. The summed E-state index contributed by atoms with van der Waals surface area (Å²) in [5.41, 5.74) is 2.12. The maximum atomic E-state index is 12.9. The van der Waals surface area contributed by atoms with Crippen LogP contribution in [0.25, 0.3) is 10.2 Å². The van der Waals surface area contributed by atoms with E-state index in [1.54, 1.807) is 11.6 Å². The standard InChI is InChI=1S/C16H15FN2O2S2/c1-3-11-4-9-14-15(10-11)22-16(19(14)2)18-23(20,21)13-7-5-12(17)6-8-13/h4-10H,3H2,1-2H3. The summed E-state index contributed by atoms with van der Waals surface area (Å²) in [5.74, 6) is -0.483. The predicted octanol–water partition coefficient (Wildman–Crippen LogP) is 3.23. The van der Waals surface area contributed by atoms with Crippen molar-refractivity contribution in [1.29, 1.82) is 0 Å². The van der Waals surface area contributed by atoms with Crippen molar-refractivity contribution in [3.8, 4) is 0 Å². The Morgan fingerprint density at radius 1 is 1.17 bits per heavy atom. The number of nitrogens with zero attached hydrogens (tertiary/aromatic N) is 2. The highest BCUT2D eigenvalue weighted by Crippen LogP contribution is 2.20. The Morgan fingerprint density at radius 3 is 2.52 bits per heavy atom. The first-order valence-electron chi connectivity index (χ1n) is 7.06. The van der Waals surface area contributed by atoms with Crippen LogP contribution in [-0.2, 0) is 23.5 Å². The summed E-state index contributed by atoms with van der Waals surface area (Å²) >= 11 is 1.32. The topological polar surface area (TPSA) is 51.4 Å². The van der Waals surface area contributed by atoms with Gasteiger partial charge in [0.2, 0.25) is 4.80 Å². The molecule has 0 aliphatic carbocycles. The van der Waals surface area contributed by atoms with E-state index in [0.717, 1.165) is 28.8 Å². The molecule has 3 rings (SSSR count). The minimum atomic E-state index is -3.87. The molecule has 0 atom stereocenters. The maximum absolute atomic E-state index is 12.9. The van der Waals surface area contributed by atoms with E-state index in [1.165, 1.54) is 29.0 Å². The molecule has 0 radical (unpaired) electrons. The highest BCUT2D eigenvalue weighted by atomic mass is 32.2. The number of aryl methyl sites for hydroxylation is 2. The van der Waals surface area contributed by atoms with Crippen LogP contribution in [0.5, 0.6) is 0 Å². The van der Waals surface area contributed by atoms with E-state index in [1.807, 2.05) is 18.2 Å². The average Bonchev–Trinajstić information content (AvgIpc) is 2.82. The molecule has 0 fully saturated rings. The van der Waals surface area contributed by atoms with Gasteiger partial charge >= 0.3 is 0 Å². The number of fused-ring (bicyclic) bond motifs is 1. The van der Waals surface area contributed by atoms with Gasteiger partial charge in [0.15, 0.2) is 0 Å². The molecule has 0 spiro atoms. The van der Waals surface area contributed by atoms with Crippen molar-refractivity contribution in [2.24, 2.45) is 11.4 Å². The molecule has 3 aromatic rings. The lowest BCUT2D eigenvalue weighted by molar-refractivity contribution is 0.595. The lowest BCUT2D eigenvalue weighted by atomic mass is 10.2. The third kappa shape index (κ3) is 3.07. The Bertz CT molecular complexity index is 1030. The SMILES string of the molecule is CCc1ccc2c(c1)sc(=NS(=O)(=O)c1ccc(F)cc1)n2C. The van der Waals surface area contributed by atoms with Crippen LogP contribution < -0.4 is 4.80 Å². The highest BCUT2D eigenvalue weighted by Gasteiger charge is 2.14. The third-order valence-corrected chi connectivity index (χ3v) is 6.08. The Labute approximate surface area is 137 Å². The van der Waals surface area contributed by atoms with E-state index in [9.17, 15) is 12.8 Å². The van der Waals surface area contributed by atoms with E-state index in [4.69, 9.17) is 0 Å². The molecule has 120 valence electrons. The summed E-state index contributed by atoms with van der Waals surface area (Å²) in [6, 6.07) is 10.7. The van der Waals surface area contributed by atoms with Gasteiger partial charge in [-0.1, -0.05) is 24.3 Å². The third-order valence-electron chi connectivity index (χ3n) is 3.59. The first-order valence-corrected chi connectivity index (χ1v) is 9.31. The molecule has 0 unspecified atom stereocenters. The lowest BCUT2D eigenvalue weighted by Gasteiger charge is -1.99. The van der Waals surface area contributed by atoms with Gasteiger partial charge < -0.3 is 4.57 Å². The molecule has 1 heterocycles. The molecule has 0 amide bonds. The van der Waals surface area contributed by atoms with Gasteiger partial charge in [0.05, 0.1) is 15.1 Å². The van der Waals surface area contributed by atoms with Crippen molar-refractivity contribution in [2.45, 2.75) is 18.2 Å².